The lowest BCUT2D eigenvalue weighted by Crippen LogP contribution is -2.24. The van der Waals surface area contributed by atoms with Gasteiger partial charge in [-0.1, -0.05) is 0 Å². The van der Waals surface area contributed by atoms with Gasteiger partial charge in [-0.2, -0.15) is 0 Å². The first-order valence-corrected chi connectivity index (χ1v) is 6.40. The summed E-state index contributed by atoms with van der Waals surface area (Å²) in [7, 11) is 0. The number of aromatic nitrogens is 2. The first-order valence-electron chi connectivity index (χ1n) is 5.60. The summed E-state index contributed by atoms with van der Waals surface area (Å²) in [6.07, 6.45) is 5.49. The van der Waals surface area contributed by atoms with Crippen LogP contribution in [-0.2, 0) is 4.79 Å². The summed E-state index contributed by atoms with van der Waals surface area (Å²) < 4.78 is 2.91. The predicted molar refractivity (Wildman–Crippen MR) is 69.2 cm³/mol. The van der Waals surface area contributed by atoms with Gasteiger partial charge >= 0.3 is 0 Å². The van der Waals surface area contributed by atoms with Crippen LogP contribution >= 0.6 is 15.9 Å². The van der Waals surface area contributed by atoms with Crippen molar-refractivity contribution in [2.24, 2.45) is 0 Å². The van der Waals surface area contributed by atoms with Gasteiger partial charge in [0.05, 0.1) is 11.4 Å². The largest absolute Gasteiger partial charge is 0.309 e. The Hall–Kier alpha value is -1.36. The van der Waals surface area contributed by atoms with Gasteiger partial charge in [0.25, 0.3) is 0 Å². The molecule has 0 aliphatic carbocycles. The zero-order valence-corrected chi connectivity index (χ0v) is 11.1. The highest BCUT2D eigenvalue weighted by molar-refractivity contribution is 9.10. The number of aryl methyl sites for hydroxylation is 1. The third-order valence-corrected chi connectivity index (χ3v) is 3.42. The molecule has 4 nitrogen and oxygen atoms in total. The first kappa shape index (κ1) is 10.8. The Labute approximate surface area is 107 Å². The number of hydrogen-bond acceptors (Lipinski definition) is 2. The van der Waals surface area contributed by atoms with E-state index in [0.29, 0.717) is 6.42 Å². The molecule has 88 valence electrons. The second kappa shape index (κ2) is 3.84. The summed E-state index contributed by atoms with van der Waals surface area (Å²) in [4.78, 5) is 18.1. The highest BCUT2D eigenvalue weighted by Gasteiger charge is 2.24. The summed E-state index contributed by atoms with van der Waals surface area (Å²) in [5.41, 5.74) is 2.70. The Kier molecular flexibility index (Phi) is 2.43. The number of anilines is 1. The topological polar surface area (TPSA) is 37.6 Å². The maximum Gasteiger partial charge on any atom is 0.227 e. The molecule has 0 radical (unpaired) electrons. The molecular weight excluding hydrogens is 282 g/mol. The van der Waals surface area contributed by atoms with Crippen LogP contribution in [0.5, 0.6) is 0 Å². The second-order valence-electron chi connectivity index (χ2n) is 4.31. The number of fused-ring (bicyclic) bond motifs is 1. The molecule has 0 saturated carbocycles. The number of hydrogen-bond donors (Lipinski definition) is 0. The fourth-order valence-corrected chi connectivity index (χ4v) is 2.71. The second-order valence-corrected chi connectivity index (χ2v) is 5.22. The molecule has 0 bridgehead atoms. The monoisotopic (exact) mass is 293 g/mol. The van der Waals surface area contributed by atoms with Crippen LogP contribution in [0, 0.1) is 6.92 Å². The standard InChI is InChI=1S/C12H12BrN3O/c1-8-6-15-7-9(13)5-10(12(15)14-8)16-4-2-3-11(16)17/h5-7H,2-4H2,1H3. The summed E-state index contributed by atoms with van der Waals surface area (Å²) in [5, 5.41) is 0. The van der Waals surface area contributed by atoms with E-state index in [0.717, 1.165) is 34.5 Å². The van der Waals surface area contributed by atoms with Crippen molar-refractivity contribution < 1.29 is 4.79 Å². The molecule has 1 amide bonds. The van der Waals surface area contributed by atoms with E-state index >= 15 is 0 Å². The van der Waals surface area contributed by atoms with Crippen molar-refractivity contribution in [3.63, 3.8) is 0 Å². The van der Waals surface area contributed by atoms with Crippen LogP contribution in [0.15, 0.2) is 22.9 Å². The van der Waals surface area contributed by atoms with Crippen LogP contribution in [0.1, 0.15) is 18.5 Å². The van der Waals surface area contributed by atoms with Crippen LogP contribution in [0.4, 0.5) is 5.69 Å². The summed E-state index contributed by atoms with van der Waals surface area (Å²) in [5.74, 6) is 0.186. The van der Waals surface area contributed by atoms with Crippen molar-refractivity contribution in [1.29, 1.82) is 0 Å². The number of halogens is 1. The van der Waals surface area contributed by atoms with Gasteiger partial charge in [-0.05, 0) is 35.3 Å². The minimum atomic E-state index is 0.186. The van der Waals surface area contributed by atoms with Crippen molar-refractivity contribution in [2.45, 2.75) is 19.8 Å². The minimum absolute atomic E-state index is 0.186. The highest BCUT2D eigenvalue weighted by atomic mass is 79.9. The molecule has 3 heterocycles. The highest BCUT2D eigenvalue weighted by Crippen LogP contribution is 2.29. The molecule has 3 rings (SSSR count). The summed E-state index contributed by atoms with van der Waals surface area (Å²) in [6.45, 7) is 2.74. The zero-order valence-electron chi connectivity index (χ0n) is 9.48. The van der Waals surface area contributed by atoms with Gasteiger partial charge in [0.15, 0.2) is 5.65 Å². The van der Waals surface area contributed by atoms with Gasteiger partial charge in [0.2, 0.25) is 5.91 Å². The molecule has 5 heteroatoms. The predicted octanol–water partition coefficient (Wildman–Crippen LogP) is 2.53. The maximum atomic E-state index is 11.8. The van der Waals surface area contributed by atoms with Gasteiger partial charge in [0.1, 0.15) is 0 Å². The Morgan fingerprint density at radius 3 is 2.94 bits per heavy atom. The molecule has 0 N–H and O–H groups in total. The number of imidazole rings is 1. The summed E-state index contributed by atoms with van der Waals surface area (Å²) >= 11 is 3.47. The Bertz CT molecular complexity index is 605. The lowest BCUT2D eigenvalue weighted by atomic mass is 10.3. The molecule has 0 unspecified atom stereocenters. The fraction of sp³-hybridized carbons (Fsp3) is 0.333. The number of amides is 1. The van der Waals surface area contributed by atoms with Crippen LogP contribution < -0.4 is 4.90 Å². The fourth-order valence-electron chi connectivity index (χ4n) is 2.27. The van der Waals surface area contributed by atoms with Crippen molar-refractivity contribution in [3.05, 3.63) is 28.6 Å². The number of rotatable bonds is 1. The average molecular weight is 294 g/mol. The molecule has 0 spiro atoms. The van der Waals surface area contributed by atoms with Gasteiger partial charge in [-0.3, -0.25) is 4.79 Å². The third-order valence-electron chi connectivity index (χ3n) is 2.98. The first-order chi connectivity index (χ1) is 8.15. The van der Waals surface area contributed by atoms with E-state index in [1.807, 2.05) is 34.7 Å². The normalized spacial score (nSPS) is 16.1. The van der Waals surface area contributed by atoms with E-state index in [1.165, 1.54) is 0 Å². The Morgan fingerprint density at radius 1 is 1.41 bits per heavy atom. The van der Waals surface area contributed by atoms with Crippen molar-refractivity contribution in [3.8, 4) is 0 Å². The molecular formula is C12H12BrN3O. The molecule has 0 atom stereocenters. The van der Waals surface area contributed by atoms with Gasteiger partial charge in [-0.25, -0.2) is 4.98 Å². The number of pyridine rings is 1. The average Bonchev–Trinajstić information content (AvgIpc) is 2.82. The number of carbonyl (C=O) groups is 1. The van der Waals surface area contributed by atoms with Crippen LogP contribution in [0.25, 0.3) is 5.65 Å². The molecule has 2 aromatic rings. The third kappa shape index (κ3) is 1.74. The van der Waals surface area contributed by atoms with E-state index in [1.54, 1.807) is 0 Å². The molecule has 1 saturated heterocycles. The van der Waals surface area contributed by atoms with Crippen molar-refractivity contribution in [1.82, 2.24) is 9.38 Å². The van der Waals surface area contributed by atoms with Crippen LogP contribution in [-0.4, -0.2) is 21.8 Å². The maximum absolute atomic E-state index is 11.8. The van der Waals surface area contributed by atoms with Gasteiger partial charge < -0.3 is 9.30 Å². The lowest BCUT2D eigenvalue weighted by molar-refractivity contribution is -0.117. The molecule has 1 aliphatic heterocycles. The van der Waals surface area contributed by atoms with Crippen molar-refractivity contribution >= 4 is 33.2 Å². The van der Waals surface area contributed by atoms with Crippen LogP contribution in [0.3, 0.4) is 0 Å². The minimum Gasteiger partial charge on any atom is -0.309 e. The Morgan fingerprint density at radius 2 is 2.24 bits per heavy atom. The van der Waals surface area contributed by atoms with E-state index in [2.05, 4.69) is 20.9 Å². The SMILES string of the molecule is Cc1cn2cc(Br)cc(N3CCCC3=O)c2n1. The molecule has 0 aromatic carbocycles. The number of carbonyl (C=O) groups excluding carboxylic acids is 1. The molecule has 1 aliphatic rings. The van der Waals surface area contributed by atoms with Gasteiger partial charge in [0, 0.05) is 29.8 Å². The summed E-state index contributed by atoms with van der Waals surface area (Å²) in [6, 6.07) is 1.96. The van der Waals surface area contributed by atoms with E-state index in [-0.39, 0.29) is 5.91 Å². The van der Waals surface area contributed by atoms with Crippen LogP contribution in [0.2, 0.25) is 0 Å². The van der Waals surface area contributed by atoms with E-state index in [4.69, 9.17) is 0 Å². The molecule has 17 heavy (non-hydrogen) atoms. The zero-order chi connectivity index (χ0) is 12.0. The van der Waals surface area contributed by atoms with E-state index in [9.17, 15) is 4.79 Å². The molecule has 1 fully saturated rings. The smallest absolute Gasteiger partial charge is 0.227 e. The molecule has 2 aromatic heterocycles. The number of nitrogens with zero attached hydrogens (tertiary/aromatic N) is 3. The quantitative estimate of drug-likeness (QED) is 0.810. The van der Waals surface area contributed by atoms with E-state index < -0.39 is 0 Å². The van der Waals surface area contributed by atoms with Crippen molar-refractivity contribution in [2.75, 3.05) is 11.4 Å². The Balaban J connectivity index is 2.23. The van der Waals surface area contributed by atoms with Gasteiger partial charge in [-0.15, -0.1) is 0 Å². The lowest BCUT2D eigenvalue weighted by Gasteiger charge is -2.16.